The first-order valence-electron chi connectivity index (χ1n) is 9.83. The molecular formula is C24H23N3O3. The smallest absolute Gasteiger partial charge is 0.284 e. The van der Waals surface area contributed by atoms with Crippen molar-refractivity contribution in [3.63, 3.8) is 0 Å². The lowest BCUT2D eigenvalue weighted by Crippen LogP contribution is -2.29. The molecule has 3 aromatic rings. The van der Waals surface area contributed by atoms with E-state index in [4.69, 9.17) is 9.25 Å². The summed E-state index contributed by atoms with van der Waals surface area (Å²) in [5.41, 5.74) is 5.03. The SMILES string of the molecule is Cc1ccc(C2=NN(C(=O)CO/N=C\c3ccccc3C)[C@@H](c3ccco3)C2)cc1. The Bertz CT molecular complexity index is 1070. The molecule has 0 aliphatic carbocycles. The summed E-state index contributed by atoms with van der Waals surface area (Å²) in [4.78, 5) is 18.1. The van der Waals surface area contributed by atoms with Gasteiger partial charge in [0.2, 0.25) is 0 Å². The van der Waals surface area contributed by atoms with Gasteiger partial charge in [0.1, 0.15) is 11.8 Å². The summed E-state index contributed by atoms with van der Waals surface area (Å²) in [6.45, 7) is 3.83. The maximum Gasteiger partial charge on any atom is 0.284 e. The third-order valence-corrected chi connectivity index (χ3v) is 5.07. The van der Waals surface area contributed by atoms with Crippen molar-refractivity contribution >= 4 is 17.8 Å². The van der Waals surface area contributed by atoms with E-state index in [9.17, 15) is 4.79 Å². The molecule has 0 radical (unpaired) electrons. The van der Waals surface area contributed by atoms with Gasteiger partial charge in [-0.3, -0.25) is 4.79 Å². The van der Waals surface area contributed by atoms with Gasteiger partial charge in [-0.25, -0.2) is 5.01 Å². The van der Waals surface area contributed by atoms with Gasteiger partial charge < -0.3 is 9.25 Å². The Labute approximate surface area is 175 Å². The number of hydrogen-bond acceptors (Lipinski definition) is 5. The van der Waals surface area contributed by atoms with Gasteiger partial charge in [0, 0.05) is 6.42 Å². The van der Waals surface area contributed by atoms with Crippen LogP contribution in [-0.4, -0.2) is 29.4 Å². The molecule has 1 atom stereocenters. The summed E-state index contributed by atoms with van der Waals surface area (Å²) >= 11 is 0. The Kier molecular flexibility index (Phi) is 5.75. The first kappa shape index (κ1) is 19.6. The molecule has 0 saturated carbocycles. The van der Waals surface area contributed by atoms with E-state index in [-0.39, 0.29) is 18.6 Å². The molecule has 0 spiro atoms. The summed E-state index contributed by atoms with van der Waals surface area (Å²) in [6.07, 6.45) is 3.79. The Balaban J connectivity index is 1.47. The molecule has 0 N–H and O–H groups in total. The lowest BCUT2D eigenvalue weighted by Gasteiger charge is -2.19. The number of furan rings is 1. The van der Waals surface area contributed by atoms with E-state index < -0.39 is 0 Å². The lowest BCUT2D eigenvalue weighted by atomic mass is 10.0. The second-order valence-corrected chi connectivity index (χ2v) is 7.25. The first-order chi connectivity index (χ1) is 14.6. The van der Waals surface area contributed by atoms with Crippen molar-refractivity contribution in [3.05, 3.63) is 94.9 Å². The van der Waals surface area contributed by atoms with Gasteiger partial charge >= 0.3 is 0 Å². The van der Waals surface area contributed by atoms with Gasteiger partial charge in [-0.1, -0.05) is 59.3 Å². The van der Waals surface area contributed by atoms with Gasteiger partial charge in [0.25, 0.3) is 5.91 Å². The monoisotopic (exact) mass is 401 g/mol. The lowest BCUT2D eigenvalue weighted by molar-refractivity contribution is -0.138. The van der Waals surface area contributed by atoms with Crippen LogP contribution in [-0.2, 0) is 9.63 Å². The summed E-state index contributed by atoms with van der Waals surface area (Å²) in [7, 11) is 0. The third kappa shape index (κ3) is 4.33. The maximum atomic E-state index is 12.8. The van der Waals surface area contributed by atoms with Gasteiger partial charge in [-0.2, -0.15) is 5.10 Å². The fourth-order valence-corrected chi connectivity index (χ4v) is 3.35. The third-order valence-electron chi connectivity index (χ3n) is 5.07. The van der Waals surface area contributed by atoms with Crippen LogP contribution in [0, 0.1) is 13.8 Å². The minimum absolute atomic E-state index is 0.204. The fraction of sp³-hybridized carbons (Fsp3) is 0.208. The van der Waals surface area contributed by atoms with Crippen LogP contribution in [0.4, 0.5) is 0 Å². The first-order valence-corrected chi connectivity index (χ1v) is 9.83. The topological polar surface area (TPSA) is 67.4 Å². The highest BCUT2D eigenvalue weighted by Gasteiger charge is 2.35. The number of carbonyl (C=O) groups is 1. The molecule has 1 aliphatic rings. The number of benzene rings is 2. The molecule has 6 nitrogen and oxygen atoms in total. The average molecular weight is 401 g/mol. The summed E-state index contributed by atoms with van der Waals surface area (Å²) in [6, 6.07) is 19.3. The number of nitrogens with zero attached hydrogens (tertiary/aromatic N) is 3. The van der Waals surface area contributed by atoms with Crippen molar-refractivity contribution in [2.75, 3.05) is 6.61 Å². The second kappa shape index (κ2) is 8.78. The normalized spacial score (nSPS) is 16.1. The van der Waals surface area contributed by atoms with Crippen LogP contribution >= 0.6 is 0 Å². The Morgan fingerprint density at radius 1 is 1.17 bits per heavy atom. The fourth-order valence-electron chi connectivity index (χ4n) is 3.35. The second-order valence-electron chi connectivity index (χ2n) is 7.25. The predicted octanol–water partition coefficient (Wildman–Crippen LogP) is 4.62. The molecule has 0 bridgehead atoms. The average Bonchev–Trinajstić information content (AvgIpc) is 3.42. The van der Waals surface area contributed by atoms with Crippen LogP contribution in [0.15, 0.2) is 81.6 Å². The largest absolute Gasteiger partial charge is 0.467 e. The van der Waals surface area contributed by atoms with Gasteiger partial charge in [-0.05, 0) is 42.7 Å². The van der Waals surface area contributed by atoms with Crippen LogP contribution in [0.2, 0.25) is 0 Å². The van der Waals surface area contributed by atoms with Crippen molar-refractivity contribution in [2.24, 2.45) is 10.3 Å². The van der Waals surface area contributed by atoms with E-state index in [0.29, 0.717) is 12.2 Å². The van der Waals surface area contributed by atoms with Gasteiger partial charge in [0.15, 0.2) is 6.61 Å². The Morgan fingerprint density at radius 3 is 2.70 bits per heavy atom. The molecule has 0 fully saturated rings. The van der Waals surface area contributed by atoms with Gasteiger partial charge in [-0.15, -0.1) is 0 Å². The van der Waals surface area contributed by atoms with E-state index >= 15 is 0 Å². The maximum absolute atomic E-state index is 12.8. The number of aryl methyl sites for hydroxylation is 2. The molecule has 1 amide bonds. The number of rotatable bonds is 6. The molecule has 4 rings (SSSR count). The number of amides is 1. The van der Waals surface area contributed by atoms with Crippen molar-refractivity contribution < 1.29 is 14.0 Å². The van der Waals surface area contributed by atoms with Crippen LogP contribution in [0.3, 0.4) is 0 Å². The molecule has 2 aromatic carbocycles. The Hall–Kier alpha value is -3.67. The molecule has 152 valence electrons. The predicted molar refractivity (Wildman–Crippen MR) is 115 cm³/mol. The van der Waals surface area contributed by atoms with Crippen molar-refractivity contribution in [1.82, 2.24) is 5.01 Å². The summed E-state index contributed by atoms with van der Waals surface area (Å²) in [5.74, 6) is 0.415. The van der Waals surface area contributed by atoms with Crippen molar-refractivity contribution in [2.45, 2.75) is 26.3 Å². The molecule has 1 aromatic heterocycles. The quantitative estimate of drug-likeness (QED) is 0.447. The summed E-state index contributed by atoms with van der Waals surface area (Å²) in [5, 5.41) is 9.97. The van der Waals surface area contributed by atoms with Crippen LogP contribution < -0.4 is 0 Å². The highest BCUT2D eigenvalue weighted by atomic mass is 16.6. The molecular weight excluding hydrogens is 378 g/mol. The zero-order valence-electron chi connectivity index (χ0n) is 17.0. The Morgan fingerprint density at radius 2 is 1.97 bits per heavy atom. The molecule has 1 aliphatic heterocycles. The van der Waals surface area contributed by atoms with E-state index in [1.807, 2.05) is 74.5 Å². The van der Waals surface area contributed by atoms with Crippen molar-refractivity contribution in [1.29, 1.82) is 0 Å². The van der Waals surface area contributed by atoms with Gasteiger partial charge in [0.05, 0.1) is 18.2 Å². The van der Waals surface area contributed by atoms with Crippen LogP contribution in [0.1, 0.15) is 40.5 Å². The zero-order valence-corrected chi connectivity index (χ0v) is 17.0. The number of carbonyl (C=O) groups excluding carboxylic acids is 1. The zero-order chi connectivity index (χ0) is 20.9. The minimum Gasteiger partial charge on any atom is -0.467 e. The summed E-state index contributed by atoms with van der Waals surface area (Å²) < 4.78 is 5.56. The number of oxime groups is 1. The van der Waals surface area contributed by atoms with E-state index in [2.05, 4.69) is 10.3 Å². The molecule has 30 heavy (non-hydrogen) atoms. The number of hydrogen-bond donors (Lipinski definition) is 0. The van der Waals surface area contributed by atoms with Crippen LogP contribution in [0.5, 0.6) is 0 Å². The number of hydrazone groups is 1. The van der Waals surface area contributed by atoms with E-state index in [1.54, 1.807) is 12.5 Å². The standard InChI is InChI=1S/C24H23N3O3/c1-17-9-11-19(12-10-17)21-14-22(23-8-5-13-29-23)27(26-21)24(28)16-30-25-15-20-7-4-3-6-18(20)2/h3-13,15,22H,14,16H2,1-2H3/b25-15-/t22-/m1/s1. The highest BCUT2D eigenvalue weighted by molar-refractivity contribution is 6.03. The van der Waals surface area contributed by atoms with Crippen LogP contribution in [0.25, 0.3) is 0 Å². The molecule has 0 saturated heterocycles. The minimum atomic E-state index is -0.298. The molecule has 0 unspecified atom stereocenters. The molecule has 2 heterocycles. The van der Waals surface area contributed by atoms with E-state index in [0.717, 1.165) is 22.4 Å². The van der Waals surface area contributed by atoms with E-state index in [1.165, 1.54) is 10.6 Å². The van der Waals surface area contributed by atoms with Crippen molar-refractivity contribution in [3.8, 4) is 0 Å². The molecule has 6 heteroatoms. The highest BCUT2D eigenvalue weighted by Crippen LogP contribution is 2.33.